The molecule has 1 atom stereocenters. The summed E-state index contributed by atoms with van der Waals surface area (Å²) in [5, 5.41) is 14.0. The van der Waals surface area contributed by atoms with Gasteiger partial charge in [0.2, 0.25) is 0 Å². The molecule has 0 radical (unpaired) electrons. The van der Waals surface area contributed by atoms with Gasteiger partial charge < -0.3 is 5.11 Å². The van der Waals surface area contributed by atoms with E-state index >= 15 is 0 Å². The molecule has 0 saturated heterocycles. The molecule has 0 spiro atoms. The van der Waals surface area contributed by atoms with Gasteiger partial charge in [-0.25, -0.2) is 0 Å². The van der Waals surface area contributed by atoms with Crippen molar-refractivity contribution in [3.8, 4) is 22.3 Å². The van der Waals surface area contributed by atoms with E-state index in [1.807, 2.05) is 6.07 Å². The second-order valence-corrected chi connectivity index (χ2v) is 9.89. The van der Waals surface area contributed by atoms with E-state index < -0.39 is 11.5 Å². The van der Waals surface area contributed by atoms with Crippen LogP contribution in [0.5, 0.6) is 0 Å². The molecular formula is C34H32O. The average molecular weight is 457 g/mol. The normalized spacial score (nSPS) is 12.5. The van der Waals surface area contributed by atoms with Crippen molar-refractivity contribution in [3.05, 3.63) is 132 Å². The molecule has 0 amide bonds. The van der Waals surface area contributed by atoms with Crippen LogP contribution in [0.25, 0.3) is 33.0 Å². The van der Waals surface area contributed by atoms with Gasteiger partial charge in [0.1, 0.15) is 0 Å². The minimum absolute atomic E-state index is 0.451. The van der Waals surface area contributed by atoms with Crippen LogP contribution < -0.4 is 0 Å². The molecule has 1 heteroatoms. The maximum absolute atomic E-state index is 11.6. The minimum Gasteiger partial charge on any atom is -0.392 e. The van der Waals surface area contributed by atoms with Gasteiger partial charge in [-0.15, -0.1) is 0 Å². The highest BCUT2D eigenvalue weighted by molar-refractivity contribution is 6.06. The molecule has 0 aliphatic rings. The molecule has 1 unspecified atom stereocenters. The number of aliphatic hydroxyl groups is 1. The zero-order chi connectivity index (χ0) is 24.3. The molecule has 1 nitrogen and oxygen atoms in total. The third kappa shape index (κ3) is 4.65. The molecule has 0 saturated carbocycles. The Morgan fingerprint density at radius 1 is 0.629 bits per heavy atom. The molecule has 1 N–H and O–H groups in total. The molecule has 0 heterocycles. The number of aryl methyl sites for hydroxylation is 1. The Bertz CT molecular complexity index is 1400. The maximum Gasteiger partial charge on any atom is 0.0634 e. The Morgan fingerprint density at radius 2 is 1.14 bits per heavy atom. The van der Waals surface area contributed by atoms with Gasteiger partial charge in [0.25, 0.3) is 0 Å². The molecule has 5 aromatic rings. The van der Waals surface area contributed by atoms with E-state index in [9.17, 15) is 5.11 Å². The summed E-state index contributed by atoms with van der Waals surface area (Å²) < 4.78 is 0. The molecule has 5 rings (SSSR count). The molecular weight excluding hydrogens is 424 g/mol. The van der Waals surface area contributed by atoms with Gasteiger partial charge in [-0.05, 0) is 63.1 Å². The van der Waals surface area contributed by atoms with Gasteiger partial charge in [0, 0.05) is 5.41 Å². The smallest absolute Gasteiger partial charge is 0.0634 e. The lowest BCUT2D eigenvalue weighted by molar-refractivity contribution is 0.0919. The van der Waals surface area contributed by atoms with Crippen LogP contribution in [-0.4, -0.2) is 11.2 Å². The van der Waals surface area contributed by atoms with E-state index in [1.165, 1.54) is 44.2 Å². The monoisotopic (exact) mass is 456 g/mol. The first-order valence-electron chi connectivity index (χ1n) is 12.4. The SMILES string of the molecule is CC(C)(c1cc(-c2ccccc2)c2ccccc2c1-c1ccccc1)C(O)CCc1ccccc1. The summed E-state index contributed by atoms with van der Waals surface area (Å²) in [5.74, 6) is 0. The third-order valence-corrected chi connectivity index (χ3v) is 7.27. The van der Waals surface area contributed by atoms with Crippen molar-refractivity contribution in [1.29, 1.82) is 0 Å². The summed E-state index contributed by atoms with van der Waals surface area (Å²) in [4.78, 5) is 0. The van der Waals surface area contributed by atoms with Crippen molar-refractivity contribution in [1.82, 2.24) is 0 Å². The first-order chi connectivity index (χ1) is 17.1. The molecule has 0 aliphatic carbocycles. The second kappa shape index (κ2) is 9.90. The predicted octanol–water partition coefficient (Wildman–Crippen LogP) is 8.45. The van der Waals surface area contributed by atoms with E-state index in [1.54, 1.807) is 0 Å². The molecule has 0 aliphatic heterocycles. The topological polar surface area (TPSA) is 20.2 Å². The Balaban J connectivity index is 1.69. The standard InChI is InChI=1S/C34H32O/c1-34(2,32(35)23-22-25-14-6-3-7-15-25)31-24-30(26-16-8-4-9-17-26)28-20-12-13-21-29(28)33(31)27-18-10-5-11-19-27/h3-21,24,32,35H,22-23H2,1-2H3. The fraction of sp³-hybridized carbons (Fsp3) is 0.176. The quantitative estimate of drug-likeness (QED) is 0.260. The summed E-state index contributed by atoms with van der Waals surface area (Å²) >= 11 is 0. The van der Waals surface area contributed by atoms with Gasteiger partial charge in [-0.3, -0.25) is 0 Å². The highest BCUT2D eigenvalue weighted by atomic mass is 16.3. The lowest BCUT2D eigenvalue weighted by atomic mass is 9.72. The minimum atomic E-state index is -0.491. The van der Waals surface area contributed by atoms with Gasteiger partial charge >= 0.3 is 0 Å². The van der Waals surface area contributed by atoms with Gasteiger partial charge in [-0.1, -0.05) is 129 Å². The zero-order valence-corrected chi connectivity index (χ0v) is 20.5. The van der Waals surface area contributed by atoms with E-state index in [4.69, 9.17) is 0 Å². The van der Waals surface area contributed by atoms with E-state index in [-0.39, 0.29) is 0 Å². The van der Waals surface area contributed by atoms with Gasteiger partial charge in [0.15, 0.2) is 0 Å². The fourth-order valence-corrected chi connectivity index (χ4v) is 5.14. The van der Waals surface area contributed by atoms with Crippen molar-refractivity contribution in [2.24, 2.45) is 0 Å². The first kappa shape index (κ1) is 23.1. The summed E-state index contributed by atoms with van der Waals surface area (Å²) in [7, 11) is 0. The Kier molecular flexibility index (Phi) is 6.53. The summed E-state index contributed by atoms with van der Waals surface area (Å²) in [6.45, 7) is 4.38. The molecule has 0 fully saturated rings. The van der Waals surface area contributed by atoms with Crippen LogP contribution in [-0.2, 0) is 11.8 Å². The van der Waals surface area contributed by atoms with Crippen LogP contribution in [0.1, 0.15) is 31.4 Å². The van der Waals surface area contributed by atoms with E-state index in [0.717, 1.165) is 6.42 Å². The molecule has 0 aromatic heterocycles. The number of hydrogen-bond acceptors (Lipinski definition) is 1. The largest absolute Gasteiger partial charge is 0.392 e. The third-order valence-electron chi connectivity index (χ3n) is 7.27. The molecule has 0 bridgehead atoms. The van der Waals surface area contributed by atoms with Crippen molar-refractivity contribution < 1.29 is 5.11 Å². The van der Waals surface area contributed by atoms with Crippen molar-refractivity contribution >= 4 is 10.8 Å². The van der Waals surface area contributed by atoms with Crippen LogP contribution in [0.4, 0.5) is 0 Å². The summed E-state index contributed by atoms with van der Waals surface area (Å²) in [5.41, 5.74) is 6.79. The number of hydrogen-bond donors (Lipinski definition) is 1. The van der Waals surface area contributed by atoms with Crippen molar-refractivity contribution in [2.75, 3.05) is 0 Å². The highest BCUT2D eigenvalue weighted by Crippen LogP contribution is 2.44. The lowest BCUT2D eigenvalue weighted by Crippen LogP contribution is -2.34. The van der Waals surface area contributed by atoms with Crippen LogP contribution in [0.3, 0.4) is 0 Å². The molecule has 35 heavy (non-hydrogen) atoms. The van der Waals surface area contributed by atoms with Crippen LogP contribution in [0.15, 0.2) is 121 Å². The Labute approximate surface area is 208 Å². The number of aliphatic hydroxyl groups excluding tert-OH is 1. The van der Waals surface area contributed by atoms with Crippen LogP contribution in [0, 0.1) is 0 Å². The maximum atomic E-state index is 11.6. The van der Waals surface area contributed by atoms with Crippen molar-refractivity contribution in [2.45, 2.75) is 38.2 Å². The second-order valence-electron chi connectivity index (χ2n) is 9.89. The Morgan fingerprint density at radius 3 is 1.77 bits per heavy atom. The van der Waals surface area contributed by atoms with Gasteiger partial charge in [0.05, 0.1) is 6.10 Å². The summed E-state index contributed by atoms with van der Waals surface area (Å²) in [6, 6.07) is 42.6. The highest BCUT2D eigenvalue weighted by Gasteiger charge is 2.33. The number of fused-ring (bicyclic) bond motifs is 1. The van der Waals surface area contributed by atoms with Crippen LogP contribution >= 0.6 is 0 Å². The Hall–Kier alpha value is -3.68. The molecule has 5 aromatic carbocycles. The van der Waals surface area contributed by atoms with E-state index in [0.29, 0.717) is 6.42 Å². The number of rotatable bonds is 7. The fourth-order valence-electron chi connectivity index (χ4n) is 5.14. The predicted molar refractivity (Wildman–Crippen MR) is 149 cm³/mol. The number of benzene rings is 5. The van der Waals surface area contributed by atoms with E-state index in [2.05, 4.69) is 129 Å². The van der Waals surface area contributed by atoms with Crippen molar-refractivity contribution in [3.63, 3.8) is 0 Å². The molecule has 174 valence electrons. The summed E-state index contributed by atoms with van der Waals surface area (Å²) in [6.07, 6.45) is 1.07. The zero-order valence-electron chi connectivity index (χ0n) is 20.5. The first-order valence-corrected chi connectivity index (χ1v) is 12.4. The van der Waals surface area contributed by atoms with Crippen LogP contribution in [0.2, 0.25) is 0 Å². The average Bonchev–Trinajstić information content (AvgIpc) is 2.92. The lowest BCUT2D eigenvalue weighted by Gasteiger charge is -2.34. The van der Waals surface area contributed by atoms with Gasteiger partial charge in [-0.2, -0.15) is 0 Å².